The third-order valence-electron chi connectivity index (χ3n) is 2.74. The van der Waals surface area contributed by atoms with Gasteiger partial charge >= 0.3 is 0 Å². The van der Waals surface area contributed by atoms with Crippen molar-refractivity contribution in [2.45, 2.75) is 6.92 Å². The molecule has 1 N–H and O–H groups in total. The summed E-state index contributed by atoms with van der Waals surface area (Å²) in [5.41, 5.74) is 3.12. The Morgan fingerprint density at radius 1 is 1.28 bits per heavy atom. The molecule has 2 aromatic heterocycles. The number of aryl methyl sites for hydroxylation is 1. The van der Waals surface area contributed by atoms with E-state index in [2.05, 4.69) is 9.97 Å². The summed E-state index contributed by atoms with van der Waals surface area (Å²) in [6, 6.07) is 10.1. The van der Waals surface area contributed by atoms with Gasteiger partial charge in [0.05, 0.1) is 11.2 Å². The minimum atomic E-state index is -0.295. The van der Waals surface area contributed by atoms with Crippen molar-refractivity contribution in [3.8, 4) is 5.69 Å². The molecule has 0 saturated heterocycles. The van der Waals surface area contributed by atoms with E-state index >= 15 is 0 Å². The molecule has 3 nitrogen and oxygen atoms in total. The van der Waals surface area contributed by atoms with Gasteiger partial charge in [-0.05, 0) is 49.5 Å². The number of rotatable bonds is 1. The molecule has 2 heterocycles. The molecule has 0 bridgehead atoms. The molecule has 0 aliphatic rings. The fraction of sp³-hybridized carbons (Fsp3) is 0.0769. The number of halogens is 1. The van der Waals surface area contributed by atoms with Gasteiger partial charge in [-0.2, -0.15) is 0 Å². The summed E-state index contributed by atoms with van der Waals surface area (Å²) in [6.45, 7) is 1.91. The maximum Gasteiger partial charge on any atom is 0.183 e. The predicted octanol–water partition coefficient (Wildman–Crippen LogP) is 3.53. The van der Waals surface area contributed by atoms with Gasteiger partial charge in [0.1, 0.15) is 5.82 Å². The molecule has 0 atom stereocenters. The summed E-state index contributed by atoms with van der Waals surface area (Å²) in [5, 5.41) is 0. The summed E-state index contributed by atoms with van der Waals surface area (Å²) < 4.78 is 15.5. The Morgan fingerprint density at radius 2 is 2.11 bits per heavy atom. The van der Waals surface area contributed by atoms with E-state index in [1.54, 1.807) is 16.7 Å². The first-order valence-corrected chi connectivity index (χ1v) is 5.90. The van der Waals surface area contributed by atoms with Gasteiger partial charge in [-0.3, -0.25) is 4.57 Å². The third kappa shape index (κ3) is 1.73. The third-order valence-corrected chi connectivity index (χ3v) is 3.02. The van der Waals surface area contributed by atoms with Crippen LogP contribution in [0.4, 0.5) is 4.39 Å². The van der Waals surface area contributed by atoms with Gasteiger partial charge in [-0.15, -0.1) is 0 Å². The Labute approximate surface area is 108 Å². The van der Waals surface area contributed by atoms with Gasteiger partial charge in [0.2, 0.25) is 0 Å². The van der Waals surface area contributed by atoms with Crippen molar-refractivity contribution >= 4 is 23.4 Å². The van der Waals surface area contributed by atoms with Crippen molar-refractivity contribution in [2.24, 2.45) is 0 Å². The van der Waals surface area contributed by atoms with Crippen LogP contribution in [0.3, 0.4) is 0 Å². The van der Waals surface area contributed by atoms with E-state index in [0.29, 0.717) is 16.1 Å². The summed E-state index contributed by atoms with van der Waals surface area (Å²) in [5.74, 6) is -0.295. The molecule has 0 unspecified atom stereocenters. The second kappa shape index (κ2) is 4.03. The molecule has 3 rings (SSSR count). The first-order valence-electron chi connectivity index (χ1n) is 5.49. The minimum Gasteiger partial charge on any atom is -0.329 e. The van der Waals surface area contributed by atoms with Crippen LogP contribution < -0.4 is 0 Å². The largest absolute Gasteiger partial charge is 0.329 e. The SMILES string of the molecule is Cc1ccc2[nH]c(=S)n(-c3cccc(F)c3)c2n1. The number of aromatic amines is 1. The topological polar surface area (TPSA) is 33.6 Å². The number of benzene rings is 1. The first-order chi connectivity index (χ1) is 8.65. The molecule has 18 heavy (non-hydrogen) atoms. The molecule has 3 aromatic rings. The zero-order chi connectivity index (χ0) is 12.7. The summed E-state index contributed by atoms with van der Waals surface area (Å²) in [4.78, 5) is 7.51. The minimum absolute atomic E-state index is 0.295. The average Bonchev–Trinajstić information content (AvgIpc) is 2.64. The molecule has 0 fully saturated rings. The molecule has 0 aliphatic carbocycles. The molecule has 90 valence electrons. The van der Waals surface area contributed by atoms with Crippen LogP contribution in [0.2, 0.25) is 0 Å². The molecule has 5 heteroatoms. The van der Waals surface area contributed by atoms with E-state index in [1.807, 2.05) is 19.1 Å². The number of nitrogens with zero attached hydrogens (tertiary/aromatic N) is 2. The number of H-pyrrole nitrogens is 1. The number of aromatic nitrogens is 3. The highest BCUT2D eigenvalue weighted by molar-refractivity contribution is 7.71. The average molecular weight is 259 g/mol. The zero-order valence-electron chi connectivity index (χ0n) is 9.64. The maximum absolute atomic E-state index is 13.3. The Morgan fingerprint density at radius 3 is 2.89 bits per heavy atom. The number of imidazole rings is 1. The van der Waals surface area contributed by atoms with Crippen LogP contribution in [0.1, 0.15) is 5.69 Å². The fourth-order valence-corrected chi connectivity index (χ4v) is 2.23. The highest BCUT2D eigenvalue weighted by Gasteiger charge is 2.08. The molecule has 0 radical (unpaired) electrons. The Balaban J connectivity index is 2.38. The highest BCUT2D eigenvalue weighted by atomic mass is 32.1. The lowest BCUT2D eigenvalue weighted by atomic mass is 10.3. The highest BCUT2D eigenvalue weighted by Crippen LogP contribution is 2.18. The Kier molecular flexibility index (Phi) is 2.48. The van der Waals surface area contributed by atoms with Crippen molar-refractivity contribution in [3.05, 3.63) is 52.7 Å². The van der Waals surface area contributed by atoms with E-state index in [0.717, 1.165) is 11.2 Å². The molecular formula is C13H10FN3S. The van der Waals surface area contributed by atoms with Gasteiger partial charge in [0.25, 0.3) is 0 Å². The molecule has 1 aromatic carbocycles. The van der Waals surface area contributed by atoms with Crippen molar-refractivity contribution in [2.75, 3.05) is 0 Å². The number of hydrogen-bond donors (Lipinski definition) is 1. The predicted molar refractivity (Wildman–Crippen MR) is 70.9 cm³/mol. The van der Waals surface area contributed by atoms with Crippen LogP contribution in [0.25, 0.3) is 16.9 Å². The van der Waals surface area contributed by atoms with E-state index in [1.165, 1.54) is 12.1 Å². The number of fused-ring (bicyclic) bond motifs is 1. The Hall–Kier alpha value is -2.01. The standard InChI is InChI=1S/C13H10FN3S/c1-8-5-6-11-12(15-8)17(13(18)16-11)10-4-2-3-9(14)7-10/h2-7H,1H3,(H,16,18). The lowest BCUT2D eigenvalue weighted by Gasteiger charge is -2.04. The zero-order valence-corrected chi connectivity index (χ0v) is 10.5. The van der Waals surface area contributed by atoms with Gasteiger partial charge in [0, 0.05) is 5.69 Å². The smallest absolute Gasteiger partial charge is 0.183 e. The second-order valence-electron chi connectivity index (χ2n) is 4.07. The monoisotopic (exact) mass is 259 g/mol. The lowest BCUT2D eigenvalue weighted by Crippen LogP contribution is -1.96. The van der Waals surface area contributed by atoms with Crippen LogP contribution in [0.5, 0.6) is 0 Å². The molecule has 0 amide bonds. The van der Waals surface area contributed by atoms with E-state index < -0.39 is 0 Å². The summed E-state index contributed by atoms with van der Waals surface area (Å²) in [6.07, 6.45) is 0. The van der Waals surface area contributed by atoms with E-state index in [4.69, 9.17) is 12.2 Å². The quantitative estimate of drug-likeness (QED) is 0.678. The first kappa shape index (κ1) is 11.1. The number of nitrogens with one attached hydrogen (secondary N) is 1. The van der Waals surface area contributed by atoms with Crippen LogP contribution in [-0.4, -0.2) is 14.5 Å². The molecule has 0 spiro atoms. The molecular weight excluding hydrogens is 249 g/mol. The number of pyridine rings is 1. The van der Waals surface area contributed by atoms with Gasteiger partial charge < -0.3 is 4.98 Å². The Bertz CT molecular complexity index is 788. The van der Waals surface area contributed by atoms with Crippen molar-refractivity contribution in [3.63, 3.8) is 0 Å². The number of hydrogen-bond acceptors (Lipinski definition) is 2. The fourth-order valence-electron chi connectivity index (χ4n) is 1.93. The maximum atomic E-state index is 13.3. The molecule has 0 aliphatic heterocycles. The summed E-state index contributed by atoms with van der Waals surface area (Å²) in [7, 11) is 0. The van der Waals surface area contributed by atoms with Crippen molar-refractivity contribution in [1.82, 2.24) is 14.5 Å². The molecule has 0 saturated carbocycles. The van der Waals surface area contributed by atoms with Gasteiger partial charge in [0.15, 0.2) is 10.4 Å². The second-order valence-corrected chi connectivity index (χ2v) is 4.46. The van der Waals surface area contributed by atoms with Gasteiger partial charge in [-0.1, -0.05) is 6.07 Å². The van der Waals surface area contributed by atoms with E-state index in [9.17, 15) is 4.39 Å². The van der Waals surface area contributed by atoms with Crippen LogP contribution in [0.15, 0.2) is 36.4 Å². The lowest BCUT2D eigenvalue weighted by molar-refractivity contribution is 0.626. The van der Waals surface area contributed by atoms with Crippen LogP contribution >= 0.6 is 12.2 Å². The summed E-state index contributed by atoms with van der Waals surface area (Å²) >= 11 is 5.27. The van der Waals surface area contributed by atoms with Crippen LogP contribution in [-0.2, 0) is 0 Å². The van der Waals surface area contributed by atoms with Crippen LogP contribution in [0, 0.1) is 17.5 Å². The van der Waals surface area contributed by atoms with E-state index in [-0.39, 0.29) is 5.82 Å². The van der Waals surface area contributed by atoms with Gasteiger partial charge in [-0.25, -0.2) is 9.37 Å². The normalized spacial score (nSPS) is 11.0. The van der Waals surface area contributed by atoms with Crippen molar-refractivity contribution < 1.29 is 4.39 Å². The van der Waals surface area contributed by atoms with Crippen molar-refractivity contribution in [1.29, 1.82) is 0 Å².